The minimum absolute atomic E-state index is 0.200. The lowest BCUT2D eigenvalue weighted by Gasteiger charge is -2.37. The zero-order valence-electron chi connectivity index (χ0n) is 15.7. The lowest BCUT2D eigenvalue weighted by atomic mass is 9.87. The van der Waals surface area contributed by atoms with Gasteiger partial charge in [0.15, 0.2) is 0 Å². The van der Waals surface area contributed by atoms with Crippen LogP contribution in [0.2, 0.25) is 5.02 Å². The van der Waals surface area contributed by atoms with Gasteiger partial charge in [0.25, 0.3) is 5.92 Å². The number of halogens is 5. The average Bonchev–Trinajstić information content (AvgIpc) is 2.63. The van der Waals surface area contributed by atoms with Crippen LogP contribution in [-0.4, -0.2) is 30.5 Å². The van der Waals surface area contributed by atoms with Crippen LogP contribution in [-0.2, 0) is 9.59 Å². The van der Waals surface area contributed by atoms with Gasteiger partial charge in [-0.05, 0) is 30.0 Å². The minimum atomic E-state index is -2.86. The average molecular weight is 461 g/mol. The monoisotopic (exact) mass is 460 g/mol. The smallest absolute Gasteiger partial charge is 0.252 e. The van der Waals surface area contributed by atoms with Crippen LogP contribution >= 0.6 is 23.4 Å². The van der Waals surface area contributed by atoms with Crippen molar-refractivity contribution in [1.29, 1.82) is 0 Å². The van der Waals surface area contributed by atoms with Crippen molar-refractivity contribution in [2.75, 3.05) is 11.2 Å². The van der Waals surface area contributed by atoms with Gasteiger partial charge in [0.2, 0.25) is 12.3 Å². The van der Waals surface area contributed by atoms with E-state index in [1.165, 1.54) is 11.8 Å². The van der Waals surface area contributed by atoms with Crippen molar-refractivity contribution >= 4 is 41.4 Å². The third-order valence-electron chi connectivity index (χ3n) is 4.72. The Hall–Kier alpha value is -2.26. The first-order chi connectivity index (χ1) is 14.1. The second-order valence-electron chi connectivity index (χ2n) is 6.87. The number of hydrogen-bond donors (Lipinski definition) is 1. The predicted octanol–water partition coefficient (Wildman–Crippen LogP) is 4.96. The zero-order chi connectivity index (χ0) is 22.1. The van der Waals surface area contributed by atoms with E-state index in [0.717, 1.165) is 17.0 Å². The van der Waals surface area contributed by atoms with Gasteiger partial charge >= 0.3 is 0 Å². The molecule has 1 aliphatic rings. The molecule has 2 amide bonds. The molecule has 1 fully saturated rings. The van der Waals surface area contributed by atoms with Crippen LogP contribution in [0.1, 0.15) is 24.4 Å². The first-order valence-corrected chi connectivity index (χ1v) is 10.5. The fourth-order valence-corrected chi connectivity index (χ4v) is 4.47. The number of hydrogen-bond acceptors (Lipinski definition) is 3. The van der Waals surface area contributed by atoms with E-state index in [2.05, 4.69) is 5.32 Å². The first kappa shape index (κ1) is 22.4. The van der Waals surface area contributed by atoms with Crippen molar-refractivity contribution in [3.05, 3.63) is 58.6 Å². The highest BCUT2D eigenvalue weighted by Gasteiger charge is 2.47. The summed E-state index contributed by atoms with van der Waals surface area (Å²) < 4.78 is 53.9. The maximum Gasteiger partial charge on any atom is 0.252 e. The van der Waals surface area contributed by atoms with Crippen molar-refractivity contribution in [2.24, 2.45) is 0 Å². The van der Waals surface area contributed by atoms with Crippen LogP contribution in [0.25, 0.3) is 0 Å². The maximum atomic E-state index is 13.8. The molecule has 0 heterocycles. The van der Waals surface area contributed by atoms with E-state index in [0.29, 0.717) is 21.5 Å². The molecular weight excluding hydrogens is 444 g/mol. The number of anilines is 1. The van der Waals surface area contributed by atoms with Crippen molar-refractivity contribution in [3.8, 4) is 0 Å². The van der Waals surface area contributed by atoms with Gasteiger partial charge in [0.1, 0.15) is 17.7 Å². The number of nitrogens with zero attached hydrogens (tertiary/aromatic N) is 1. The summed E-state index contributed by atoms with van der Waals surface area (Å²) in [5.41, 5.74) is 0.101. The lowest BCUT2D eigenvalue weighted by molar-refractivity contribution is -0.131. The highest BCUT2D eigenvalue weighted by molar-refractivity contribution is 7.98. The Kier molecular flexibility index (Phi) is 6.62. The van der Waals surface area contributed by atoms with E-state index in [-0.39, 0.29) is 12.1 Å². The summed E-state index contributed by atoms with van der Waals surface area (Å²) in [7, 11) is 0. The van der Waals surface area contributed by atoms with Crippen LogP contribution in [0, 0.1) is 11.6 Å². The van der Waals surface area contributed by atoms with Crippen LogP contribution in [0.4, 0.5) is 23.2 Å². The van der Waals surface area contributed by atoms with Crippen molar-refractivity contribution in [3.63, 3.8) is 0 Å². The molecule has 1 aliphatic carbocycles. The fraction of sp³-hybridized carbons (Fsp3) is 0.300. The van der Waals surface area contributed by atoms with Crippen LogP contribution in [0.5, 0.6) is 0 Å². The molecule has 0 spiro atoms. The normalized spacial score (nSPS) is 16.5. The van der Waals surface area contributed by atoms with Gasteiger partial charge in [0.05, 0.1) is 10.7 Å². The van der Waals surface area contributed by atoms with Gasteiger partial charge < -0.3 is 5.32 Å². The molecule has 0 bridgehead atoms. The third kappa shape index (κ3) is 4.73. The predicted molar refractivity (Wildman–Crippen MR) is 107 cm³/mol. The van der Waals surface area contributed by atoms with Gasteiger partial charge in [-0.3, -0.25) is 14.5 Å². The molecule has 1 unspecified atom stereocenters. The van der Waals surface area contributed by atoms with E-state index in [1.807, 2.05) is 0 Å². The summed E-state index contributed by atoms with van der Waals surface area (Å²) in [5.74, 6) is -5.49. The van der Waals surface area contributed by atoms with Gasteiger partial charge in [-0.2, -0.15) is 0 Å². The maximum absolute atomic E-state index is 13.8. The molecule has 1 N–H and O–H groups in total. The summed E-state index contributed by atoms with van der Waals surface area (Å²) in [5, 5.41) is 2.81. The highest BCUT2D eigenvalue weighted by Crippen LogP contribution is 2.40. The molecule has 2 aromatic rings. The van der Waals surface area contributed by atoms with Gasteiger partial charge in [0, 0.05) is 29.8 Å². The molecule has 1 saturated carbocycles. The van der Waals surface area contributed by atoms with E-state index in [1.54, 1.807) is 24.5 Å². The molecule has 0 aliphatic heterocycles. The summed E-state index contributed by atoms with van der Waals surface area (Å²) in [6.45, 7) is 0. The quantitative estimate of drug-likeness (QED) is 0.361. The highest BCUT2D eigenvalue weighted by atomic mass is 35.5. The fourth-order valence-electron chi connectivity index (χ4n) is 3.38. The van der Waals surface area contributed by atoms with Crippen LogP contribution < -0.4 is 10.2 Å². The Morgan fingerprint density at radius 1 is 1.27 bits per heavy atom. The standard InChI is InChI=1S/C20H17ClF4N2O2S/c1-30-18-15(3-2-4-16(18)21)17(19(29)26-13-8-20(24,25)9-13)27(10-28)14-6-11(22)5-12(23)7-14/h2-7,10,13,17H,8-9H2,1H3,(H,26,29). The number of nitrogens with one attached hydrogen (secondary N) is 1. The molecule has 0 aromatic heterocycles. The molecule has 2 aromatic carbocycles. The van der Waals surface area contributed by atoms with E-state index in [9.17, 15) is 27.2 Å². The lowest BCUT2D eigenvalue weighted by Crippen LogP contribution is -2.53. The number of carbonyl (C=O) groups excluding carboxylic acids is 2. The molecule has 10 heteroatoms. The number of carbonyl (C=O) groups is 2. The molecular formula is C20H17ClF4N2O2S. The summed E-state index contributed by atoms with van der Waals surface area (Å²) in [4.78, 5) is 26.4. The Balaban J connectivity index is 2.05. The SMILES string of the molecule is CSc1c(Cl)cccc1C(C(=O)NC1CC(F)(F)C1)N(C=O)c1cc(F)cc(F)c1. The van der Waals surface area contributed by atoms with E-state index >= 15 is 0 Å². The number of amides is 2. The van der Waals surface area contributed by atoms with E-state index < -0.39 is 48.4 Å². The summed E-state index contributed by atoms with van der Waals surface area (Å²) in [6, 6.07) is 4.98. The molecule has 30 heavy (non-hydrogen) atoms. The zero-order valence-corrected chi connectivity index (χ0v) is 17.2. The Morgan fingerprint density at radius 2 is 1.90 bits per heavy atom. The number of benzene rings is 2. The molecule has 4 nitrogen and oxygen atoms in total. The number of alkyl halides is 2. The second kappa shape index (κ2) is 8.85. The van der Waals surface area contributed by atoms with Gasteiger partial charge in [-0.1, -0.05) is 23.7 Å². The molecule has 0 saturated heterocycles. The second-order valence-corrected chi connectivity index (χ2v) is 8.10. The van der Waals surface area contributed by atoms with Crippen LogP contribution in [0.3, 0.4) is 0 Å². The summed E-state index contributed by atoms with van der Waals surface area (Å²) >= 11 is 7.44. The van der Waals surface area contributed by atoms with Crippen molar-refractivity contribution < 1.29 is 27.2 Å². The minimum Gasteiger partial charge on any atom is -0.351 e. The number of thioether (sulfide) groups is 1. The van der Waals surface area contributed by atoms with Gasteiger partial charge in [-0.25, -0.2) is 17.6 Å². The van der Waals surface area contributed by atoms with Gasteiger partial charge in [-0.15, -0.1) is 11.8 Å². The molecule has 160 valence electrons. The molecule has 0 radical (unpaired) electrons. The first-order valence-electron chi connectivity index (χ1n) is 8.85. The largest absolute Gasteiger partial charge is 0.351 e. The topological polar surface area (TPSA) is 49.4 Å². The molecule has 1 atom stereocenters. The van der Waals surface area contributed by atoms with Crippen LogP contribution in [0.15, 0.2) is 41.3 Å². The number of rotatable bonds is 7. The molecule has 3 rings (SSSR count). The Labute approximate surface area is 179 Å². The summed E-state index contributed by atoms with van der Waals surface area (Å²) in [6.07, 6.45) is 0.927. The van der Waals surface area contributed by atoms with E-state index in [4.69, 9.17) is 11.6 Å². The Bertz CT molecular complexity index is 948. The van der Waals surface area contributed by atoms with Crippen molar-refractivity contribution in [2.45, 2.75) is 35.7 Å². The Morgan fingerprint density at radius 3 is 2.43 bits per heavy atom. The third-order valence-corrected chi connectivity index (χ3v) is 6.01. The van der Waals surface area contributed by atoms with Crippen molar-refractivity contribution in [1.82, 2.24) is 5.32 Å².